The third kappa shape index (κ3) is 4.67. The van der Waals surface area contributed by atoms with E-state index in [4.69, 9.17) is 10.8 Å². The number of hydrogen-bond acceptors (Lipinski definition) is 5. The quantitative estimate of drug-likeness (QED) is 0.615. The smallest absolute Gasteiger partial charge is 0.326 e. The fourth-order valence-corrected chi connectivity index (χ4v) is 2.11. The lowest BCUT2D eigenvalue weighted by atomic mass is 10.2. The number of aliphatic carboxylic acids is 1. The lowest BCUT2D eigenvalue weighted by Gasteiger charge is -2.12. The molecule has 0 bridgehead atoms. The zero-order valence-electron chi connectivity index (χ0n) is 8.84. The van der Waals surface area contributed by atoms with Crippen molar-refractivity contribution in [3.05, 3.63) is 9.98 Å². The molecule has 0 fully saturated rings. The number of carbonyl (C=O) groups is 3. The SMILES string of the molecule is NC(=O)CC(NC(=O)Nc1ncc(Br)s1)C(=O)O. The predicted molar refractivity (Wildman–Crippen MR) is 67.2 cm³/mol. The van der Waals surface area contributed by atoms with E-state index in [0.29, 0.717) is 8.92 Å². The number of urea groups is 1. The molecule has 1 aromatic heterocycles. The number of nitrogens with zero attached hydrogens (tertiary/aromatic N) is 1. The molecule has 0 spiro atoms. The van der Waals surface area contributed by atoms with E-state index < -0.39 is 30.4 Å². The number of hydrogen-bond donors (Lipinski definition) is 4. The second-order valence-corrected chi connectivity index (χ2v) is 5.54. The first-order chi connectivity index (χ1) is 8.38. The minimum Gasteiger partial charge on any atom is -0.480 e. The van der Waals surface area contributed by atoms with Gasteiger partial charge in [-0.2, -0.15) is 0 Å². The molecule has 1 aromatic rings. The van der Waals surface area contributed by atoms with Gasteiger partial charge in [0.25, 0.3) is 0 Å². The Morgan fingerprint density at radius 3 is 2.67 bits per heavy atom. The largest absolute Gasteiger partial charge is 0.480 e. The third-order valence-electron chi connectivity index (χ3n) is 1.71. The highest BCUT2D eigenvalue weighted by Gasteiger charge is 2.22. The number of primary amides is 1. The van der Waals surface area contributed by atoms with Crippen molar-refractivity contribution in [1.82, 2.24) is 10.3 Å². The first-order valence-corrected chi connectivity index (χ1v) is 6.19. The Kier molecular flexibility index (Phi) is 5.04. The lowest BCUT2D eigenvalue weighted by Crippen LogP contribution is -2.45. The van der Waals surface area contributed by atoms with Crippen LogP contribution < -0.4 is 16.4 Å². The summed E-state index contributed by atoms with van der Waals surface area (Å²) in [6, 6.07) is -2.14. The van der Waals surface area contributed by atoms with E-state index in [0.717, 1.165) is 11.3 Å². The number of nitrogens with two attached hydrogens (primary N) is 1. The number of thiazole rings is 1. The van der Waals surface area contributed by atoms with Gasteiger partial charge in [0.15, 0.2) is 5.13 Å². The molecule has 1 heterocycles. The van der Waals surface area contributed by atoms with Gasteiger partial charge in [-0.1, -0.05) is 11.3 Å². The number of carboxylic acids is 1. The lowest BCUT2D eigenvalue weighted by molar-refractivity contribution is -0.140. The molecule has 0 aliphatic carbocycles. The van der Waals surface area contributed by atoms with Crippen molar-refractivity contribution >= 4 is 50.3 Å². The van der Waals surface area contributed by atoms with Crippen LogP contribution in [0.15, 0.2) is 9.98 Å². The Bertz CT molecular complexity index is 477. The Morgan fingerprint density at radius 2 is 2.22 bits per heavy atom. The maximum absolute atomic E-state index is 11.4. The third-order valence-corrected chi connectivity index (χ3v) is 3.10. The van der Waals surface area contributed by atoms with Crippen LogP contribution in [0.5, 0.6) is 0 Å². The summed E-state index contributed by atoms with van der Waals surface area (Å²) in [5.74, 6) is -2.16. The molecular weight excluding hydrogens is 328 g/mol. The van der Waals surface area contributed by atoms with Gasteiger partial charge in [-0.3, -0.25) is 10.1 Å². The first-order valence-electron chi connectivity index (χ1n) is 4.58. The number of halogens is 1. The fraction of sp³-hybridized carbons (Fsp3) is 0.250. The Hall–Kier alpha value is -1.68. The van der Waals surface area contributed by atoms with Gasteiger partial charge in [0.05, 0.1) is 16.4 Å². The van der Waals surface area contributed by atoms with Gasteiger partial charge in [0.1, 0.15) is 6.04 Å². The zero-order chi connectivity index (χ0) is 13.7. The van der Waals surface area contributed by atoms with Crippen LogP contribution in [0, 0.1) is 0 Å². The summed E-state index contributed by atoms with van der Waals surface area (Å²) in [6.07, 6.45) is 1.00. The predicted octanol–water partition coefficient (Wildman–Crippen LogP) is 0.356. The summed E-state index contributed by atoms with van der Waals surface area (Å²) in [7, 11) is 0. The first kappa shape index (κ1) is 14.4. The molecule has 0 aliphatic rings. The van der Waals surface area contributed by atoms with Gasteiger partial charge >= 0.3 is 12.0 Å². The molecule has 1 unspecified atom stereocenters. The van der Waals surface area contributed by atoms with Gasteiger partial charge in [0.2, 0.25) is 5.91 Å². The highest BCUT2D eigenvalue weighted by molar-refractivity contribution is 9.11. The van der Waals surface area contributed by atoms with Crippen molar-refractivity contribution in [2.24, 2.45) is 5.73 Å². The highest BCUT2D eigenvalue weighted by Crippen LogP contribution is 2.22. The number of carbonyl (C=O) groups excluding carboxylic acids is 2. The van der Waals surface area contributed by atoms with Crippen molar-refractivity contribution in [1.29, 1.82) is 0 Å². The van der Waals surface area contributed by atoms with Gasteiger partial charge in [-0.25, -0.2) is 14.6 Å². The minimum atomic E-state index is -1.37. The number of nitrogens with one attached hydrogen (secondary N) is 2. The highest BCUT2D eigenvalue weighted by atomic mass is 79.9. The van der Waals surface area contributed by atoms with Crippen molar-refractivity contribution in [3.8, 4) is 0 Å². The fourth-order valence-electron chi connectivity index (χ4n) is 1.00. The van der Waals surface area contributed by atoms with E-state index in [1.807, 2.05) is 0 Å². The van der Waals surface area contributed by atoms with Crippen LogP contribution >= 0.6 is 27.3 Å². The van der Waals surface area contributed by atoms with E-state index in [1.54, 1.807) is 0 Å². The van der Waals surface area contributed by atoms with Crippen molar-refractivity contribution in [3.63, 3.8) is 0 Å². The average molecular weight is 337 g/mol. The van der Waals surface area contributed by atoms with Crippen LogP contribution in [0.1, 0.15) is 6.42 Å². The normalized spacial score (nSPS) is 11.6. The number of aromatic nitrogens is 1. The van der Waals surface area contributed by atoms with E-state index >= 15 is 0 Å². The Morgan fingerprint density at radius 1 is 1.56 bits per heavy atom. The van der Waals surface area contributed by atoms with Crippen molar-refractivity contribution in [2.45, 2.75) is 12.5 Å². The molecule has 10 heteroatoms. The van der Waals surface area contributed by atoms with Gasteiger partial charge in [-0.15, -0.1) is 0 Å². The van der Waals surface area contributed by atoms with Crippen LogP contribution in [-0.4, -0.2) is 34.0 Å². The summed E-state index contributed by atoms with van der Waals surface area (Å²) in [5, 5.41) is 13.5. The number of rotatable bonds is 5. The van der Waals surface area contributed by atoms with E-state index in [9.17, 15) is 14.4 Å². The minimum absolute atomic E-state index is 0.294. The second-order valence-electron chi connectivity index (χ2n) is 3.13. The summed E-state index contributed by atoms with van der Waals surface area (Å²) < 4.78 is 0.713. The molecule has 0 aromatic carbocycles. The maximum Gasteiger partial charge on any atom is 0.326 e. The van der Waals surface area contributed by atoms with Gasteiger partial charge < -0.3 is 16.2 Å². The molecular formula is C8H9BrN4O4S. The molecule has 0 radical (unpaired) electrons. The summed E-state index contributed by atoms with van der Waals surface area (Å²) in [4.78, 5) is 36.6. The van der Waals surface area contributed by atoms with E-state index in [2.05, 4.69) is 31.5 Å². The topological polar surface area (TPSA) is 134 Å². The molecule has 1 rings (SSSR count). The zero-order valence-corrected chi connectivity index (χ0v) is 11.2. The van der Waals surface area contributed by atoms with E-state index in [1.165, 1.54) is 6.20 Å². The standard InChI is InChI=1S/C8H9BrN4O4S/c9-4-2-11-8(18-4)13-7(17)12-3(6(15)16)1-5(10)14/h2-3H,1H2,(H2,10,14)(H,15,16)(H2,11,12,13,17). The van der Waals surface area contributed by atoms with Crippen LogP contribution in [0.2, 0.25) is 0 Å². The van der Waals surface area contributed by atoms with Crippen LogP contribution in [-0.2, 0) is 9.59 Å². The van der Waals surface area contributed by atoms with Crippen molar-refractivity contribution < 1.29 is 19.5 Å². The van der Waals surface area contributed by atoms with Crippen LogP contribution in [0.4, 0.5) is 9.93 Å². The molecule has 0 saturated heterocycles. The molecule has 5 N–H and O–H groups in total. The molecule has 3 amide bonds. The molecule has 0 aliphatic heterocycles. The number of carboxylic acid groups (broad SMARTS) is 1. The monoisotopic (exact) mass is 336 g/mol. The van der Waals surface area contributed by atoms with Crippen molar-refractivity contribution in [2.75, 3.05) is 5.32 Å². The Balaban J connectivity index is 2.56. The van der Waals surface area contributed by atoms with E-state index in [-0.39, 0.29) is 0 Å². The summed E-state index contributed by atoms with van der Waals surface area (Å²) >= 11 is 4.32. The number of anilines is 1. The van der Waals surface area contributed by atoms with Crippen LogP contribution in [0.25, 0.3) is 0 Å². The molecule has 0 saturated carbocycles. The molecule has 8 nitrogen and oxygen atoms in total. The van der Waals surface area contributed by atoms with Gasteiger partial charge in [0, 0.05) is 0 Å². The summed E-state index contributed by atoms with van der Waals surface area (Å²) in [6.45, 7) is 0. The number of amides is 3. The van der Waals surface area contributed by atoms with Crippen LogP contribution in [0.3, 0.4) is 0 Å². The molecule has 1 atom stereocenters. The maximum atomic E-state index is 11.4. The molecule has 18 heavy (non-hydrogen) atoms. The Labute approximate surface area is 114 Å². The van der Waals surface area contributed by atoms with Gasteiger partial charge in [-0.05, 0) is 15.9 Å². The second kappa shape index (κ2) is 6.31. The average Bonchev–Trinajstić information content (AvgIpc) is 2.62. The molecule has 98 valence electrons. The summed E-state index contributed by atoms with van der Waals surface area (Å²) in [5.41, 5.74) is 4.87.